The van der Waals surface area contributed by atoms with Crippen molar-refractivity contribution in [1.82, 2.24) is 18.8 Å². The number of carbonyl (C=O) groups excluding carboxylic acids is 1. The van der Waals surface area contributed by atoms with Crippen LogP contribution in [-0.2, 0) is 21.8 Å². The first kappa shape index (κ1) is 22.9. The first-order chi connectivity index (χ1) is 14.2. The van der Waals surface area contributed by atoms with Crippen molar-refractivity contribution in [2.75, 3.05) is 39.9 Å². The van der Waals surface area contributed by atoms with E-state index in [1.807, 2.05) is 25.5 Å². The molecular formula is C20H30N4O4S2. The van der Waals surface area contributed by atoms with Crippen LogP contribution in [0.3, 0.4) is 0 Å². The summed E-state index contributed by atoms with van der Waals surface area (Å²) in [5.41, 5.74) is 2.01. The lowest BCUT2D eigenvalue weighted by atomic mass is 10.3. The Balaban J connectivity index is 1.94. The Kier molecular flexibility index (Phi) is 7.01. The normalized spacial score (nSPS) is 15.2. The maximum atomic E-state index is 13.1. The summed E-state index contributed by atoms with van der Waals surface area (Å²) in [4.78, 5) is 20.2. The summed E-state index contributed by atoms with van der Waals surface area (Å²) >= 11 is 1.31. The molecule has 8 nitrogen and oxygen atoms in total. The number of nitrogens with zero attached hydrogens (tertiary/aromatic N) is 4. The second kappa shape index (κ2) is 9.17. The molecule has 1 fully saturated rings. The van der Waals surface area contributed by atoms with Crippen molar-refractivity contribution in [3.8, 4) is 10.7 Å². The summed E-state index contributed by atoms with van der Waals surface area (Å²) < 4.78 is 34.7. The third-order valence-corrected chi connectivity index (χ3v) is 8.65. The van der Waals surface area contributed by atoms with Gasteiger partial charge in [-0.2, -0.15) is 0 Å². The van der Waals surface area contributed by atoms with Gasteiger partial charge >= 0.3 is 0 Å². The van der Waals surface area contributed by atoms with E-state index in [2.05, 4.69) is 4.98 Å². The van der Waals surface area contributed by atoms with Gasteiger partial charge < -0.3 is 14.2 Å². The molecule has 0 unspecified atom stereocenters. The molecule has 0 radical (unpaired) electrons. The van der Waals surface area contributed by atoms with Crippen LogP contribution in [-0.4, -0.2) is 73.0 Å². The summed E-state index contributed by atoms with van der Waals surface area (Å²) in [5.74, 6) is -0.0439. The molecule has 2 aromatic rings. The van der Waals surface area contributed by atoms with E-state index in [0.29, 0.717) is 59.8 Å². The number of aryl methyl sites for hydroxylation is 1. The Morgan fingerprint density at radius 1 is 1.30 bits per heavy atom. The lowest BCUT2D eigenvalue weighted by Crippen LogP contribution is -2.40. The highest BCUT2D eigenvalue weighted by Crippen LogP contribution is 2.33. The van der Waals surface area contributed by atoms with Gasteiger partial charge in [0, 0.05) is 39.4 Å². The number of amides is 1. The Bertz CT molecular complexity index is 1020. The van der Waals surface area contributed by atoms with E-state index in [0.717, 1.165) is 12.8 Å². The number of thiazole rings is 1. The average molecular weight is 455 g/mol. The van der Waals surface area contributed by atoms with Crippen LogP contribution in [0.2, 0.25) is 0 Å². The van der Waals surface area contributed by atoms with Crippen LogP contribution >= 0.6 is 11.3 Å². The van der Waals surface area contributed by atoms with E-state index >= 15 is 0 Å². The topological polar surface area (TPSA) is 84.7 Å². The maximum absolute atomic E-state index is 13.1. The number of hydrogen-bond donors (Lipinski definition) is 0. The van der Waals surface area contributed by atoms with Crippen LogP contribution in [0.4, 0.5) is 0 Å². The minimum absolute atomic E-state index is 0.0439. The Morgan fingerprint density at radius 2 is 1.97 bits per heavy atom. The van der Waals surface area contributed by atoms with Gasteiger partial charge in [0.05, 0.1) is 24.6 Å². The predicted molar refractivity (Wildman–Crippen MR) is 117 cm³/mol. The summed E-state index contributed by atoms with van der Waals surface area (Å²) in [7, 11) is -0.144. The highest BCUT2D eigenvalue weighted by Gasteiger charge is 2.29. The van der Waals surface area contributed by atoms with Crippen molar-refractivity contribution in [2.45, 2.75) is 38.5 Å². The van der Waals surface area contributed by atoms with Crippen molar-refractivity contribution in [1.29, 1.82) is 0 Å². The number of unbranched alkanes of at least 4 members (excludes halogenated alkanes) is 1. The zero-order valence-corrected chi connectivity index (χ0v) is 19.9. The number of aromatic nitrogens is 2. The number of hydrogen-bond acceptors (Lipinski definition) is 6. The molecule has 2 aromatic heterocycles. The van der Waals surface area contributed by atoms with Gasteiger partial charge in [-0.25, -0.2) is 17.7 Å². The van der Waals surface area contributed by atoms with Gasteiger partial charge in [-0.15, -0.1) is 11.3 Å². The molecule has 0 N–H and O–H groups in total. The van der Waals surface area contributed by atoms with Crippen molar-refractivity contribution in [2.24, 2.45) is 7.05 Å². The van der Waals surface area contributed by atoms with Gasteiger partial charge in [-0.3, -0.25) is 4.79 Å². The zero-order valence-electron chi connectivity index (χ0n) is 18.3. The molecule has 1 amide bonds. The molecule has 0 bridgehead atoms. The van der Waals surface area contributed by atoms with Gasteiger partial charge in [0.2, 0.25) is 10.0 Å². The molecule has 0 spiro atoms. The van der Waals surface area contributed by atoms with Gasteiger partial charge in [0.25, 0.3) is 5.91 Å². The van der Waals surface area contributed by atoms with Gasteiger partial charge in [-0.1, -0.05) is 13.3 Å². The molecule has 166 valence electrons. The minimum atomic E-state index is -3.59. The molecule has 1 aliphatic rings. The molecule has 0 saturated carbocycles. The minimum Gasteiger partial charge on any atom is -0.378 e. The molecular weight excluding hydrogens is 424 g/mol. The van der Waals surface area contributed by atoms with Gasteiger partial charge in [-0.05, 0) is 26.3 Å². The van der Waals surface area contributed by atoms with E-state index in [1.165, 1.54) is 15.6 Å². The van der Waals surface area contributed by atoms with Crippen molar-refractivity contribution < 1.29 is 17.9 Å². The van der Waals surface area contributed by atoms with Crippen LogP contribution < -0.4 is 0 Å². The molecule has 3 heterocycles. The highest BCUT2D eigenvalue weighted by atomic mass is 32.2. The molecule has 0 aliphatic carbocycles. The monoisotopic (exact) mass is 454 g/mol. The maximum Gasteiger partial charge on any atom is 0.266 e. The van der Waals surface area contributed by atoms with E-state index in [4.69, 9.17) is 4.74 Å². The fourth-order valence-electron chi connectivity index (χ4n) is 3.42. The van der Waals surface area contributed by atoms with Crippen molar-refractivity contribution in [3.05, 3.63) is 22.3 Å². The Labute approximate surface area is 182 Å². The predicted octanol–water partition coefficient (Wildman–Crippen LogP) is 2.66. The number of sulfonamides is 1. The first-order valence-electron chi connectivity index (χ1n) is 10.2. The molecule has 0 aromatic carbocycles. The third kappa shape index (κ3) is 4.32. The Morgan fingerprint density at radius 3 is 2.60 bits per heavy atom. The molecule has 30 heavy (non-hydrogen) atoms. The van der Waals surface area contributed by atoms with Crippen LogP contribution in [0.5, 0.6) is 0 Å². The third-order valence-electron chi connectivity index (χ3n) is 5.51. The molecule has 1 saturated heterocycles. The Hall–Kier alpha value is -1.75. The smallest absolute Gasteiger partial charge is 0.266 e. The largest absolute Gasteiger partial charge is 0.378 e. The van der Waals surface area contributed by atoms with Crippen LogP contribution in [0.1, 0.15) is 40.8 Å². The second-order valence-corrected chi connectivity index (χ2v) is 10.6. The average Bonchev–Trinajstić information content (AvgIpc) is 3.26. The van der Waals surface area contributed by atoms with Crippen LogP contribution in [0.15, 0.2) is 11.0 Å². The summed E-state index contributed by atoms with van der Waals surface area (Å²) in [6.07, 6.45) is 1.74. The highest BCUT2D eigenvalue weighted by molar-refractivity contribution is 7.89. The number of morpholine rings is 1. The summed E-state index contributed by atoms with van der Waals surface area (Å²) in [5, 5.41) is 0.646. The lowest BCUT2D eigenvalue weighted by Gasteiger charge is -2.26. The lowest BCUT2D eigenvalue weighted by molar-refractivity contribution is 0.0305. The molecule has 10 heteroatoms. The van der Waals surface area contributed by atoms with Crippen molar-refractivity contribution in [3.63, 3.8) is 0 Å². The number of ether oxygens (including phenoxy) is 1. The van der Waals surface area contributed by atoms with E-state index in [-0.39, 0.29) is 10.8 Å². The van der Waals surface area contributed by atoms with Crippen LogP contribution in [0, 0.1) is 13.8 Å². The second-order valence-electron chi connectivity index (χ2n) is 7.56. The quantitative estimate of drug-likeness (QED) is 0.642. The SMILES string of the molecule is CCCCN(C)S(=O)(=O)c1cc(-c2nc(C)c(C(=O)N3CCOCC3)s2)n(C)c1C. The van der Waals surface area contributed by atoms with Crippen LogP contribution in [0.25, 0.3) is 10.7 Å². The molecule has 0 atom stereocenters. The molecule has 1 aliphatic heterocycles. The first-order valence-corrected chi connectivity index (χ1v) is 12.4. The summed E-state index contributed by atoms with van der Waals surface area (Å²) in [6.45, 7) is 8.36. The fourth-order valence-corrected chi connectivity index (χ4v) is 5.98. The number of carbonyl (C=O) groups is 1. The summed E-state index contributed by atoms with van der Waals surface area (Å²) in [6, 6.07) is 1.67. The fraction of sp³-hybridized carbons (Fsp3) is 0.600. The standard InChI is InChI=1S/C20H30N4O4S2/c1-6-7-8-22(4)30(26,27)17-13-16(23(5)15(17)3)19-21-14(2)18(29-19)20(25)24-9-11-28-12-10-24/h13H,6-12H2,1-5H3. The van der Waals surface area contributed by atoms with E-state index < -0.39 is 10.0 Å². The zero-order chi connectivity index (χ0) is 22.1. The van der Waals surface area contributed by atoms with Gasteiger partial charge in [0.1, 0.15) is 14.8 Å². The van der Waals surface area contributed by atoms with E-state index in [9.17, 15) is 13.2 Å². The van der Waals surface area contributed by atoms with E-state index in [1.54, 1.807) is 24.9 Å². The number of rotatable bonds is 7. The van der Waals surface area contributed by atoms with Gasteiger partial charge in [0.15, 0.2) is 0 Å². The van der Waals surface area contributed by atoms with Crippen molar-refractivity contribution >= 4 is 27.3 Å². The molecule has 3 rings (SSSR count).